The van der Waals surface area contributed by atoms with Crippen LogP contribution in [0.2, 0.25) is 0 Å². The van der Waals surface area contributed by atoms with E-state index in [0.29, 0.717) is 30.2 Å². The van der Waals surface area contributed by atoms with Crippen LogP contribution >= 0.6 is 0 Å². The Morgan fingerprint density at radius 3 is 2.43 bits per heavy atom. The molecule has 0 atom stereocenters. The number of sulfonamides is 1. The lowest BCUT2D eigenvalue weighted by molar-refractivity contribution is 0.598. The molecule has 2 aromatic carbocycles. The summed E-state index contributed by atoms with van der Waals surface area (Å²) in [6, 6.07) is 14.4. The van der Waals surface area contributed by atoms with E-state index >= 15 is 0 Å². The SMILES string of the molecule is CCn1ncc(S(=O)(=O)Nc2c(C)nn(Cc3cccc4ccccc34)c2C)c1C. The van der Waals surface area contributed by atoms with Crippen LogP contribution in [0.1, 0.15) is 29.6 Å². The molecule has 0 spiro atoms. The van der Waals surface area contributed by atoms with E-state index in [4.69, 9.17) is 0 Å². The Morgan fingerprint density at radius 1 is 0.967 bits per heavy atom. The molecule has 8 heteroatoms. The Labute approximate surface area is 176 Å². The maximum Gasteiger partial charge on any atom is 0.265 e. The number of rotatable bonds is 6. The second kappa shape index (κ2) is 7.60. The number of hydrogen-bond donors (Lipinski definition) is 1. The van der Waals surface area contributed by atoms with Gasteiger partial charge in [-0.3, -0.25) is 14.1 Å². The van der Waals surface area contributed by atoms with Gasteiger partial charge in [0.15, 0.2) is 0 Å². The Hall–Kier alpha value is -3.13. The second-order valence-corrected chi connectivity index (χ2v) is 9.01. The Balaban J connectivity index is 1.68. The van der Waals surface area contributed by atoms with E-state index < -0.39 is 10.0 Å². The summed E-state index contributed by atoms with van der Waals surface area (Å²) >= 11 is 0. The van der Waals surface area contributed by atoms with Gasteiger partial charge in [-0.15, -0.1) is 0 Å². The third-order valence-electron chi connectivity index (χ3n) is 5.47. The highest BCUT2D eigenvalue weighted by atomic mass is 32.2. The summed E-state index contributed by atoms with van der Waals surface area (Å²) in [5.74, 6) is 0. The zero-order chi connectivity index (χ0) is 21.5. The molecule has 0 saturated carbocycles. The van der Waals surface area contributed by atoms with Crippen LogP contribution in [0.15, 0.2) is 53.6 Å². The van der Waals surface area contributed by atoms with Crippen molar-refractivity contribution < 1.29 is 8.42 Å². The topological polar surface area (TPSA) is 81.8 Å². The predicted octanol–water partition coefficient (Wildman–Crippen LogP) is 4.03. The average Bonchev–Trinajstić information content (AvgIpc) is 3.23. The van der Waals surface area contributed by atoms with Crippen LogP contribution in [-0.2, 0) is 23.1 Å². The maximum atomic E-state index is 13.0. The molecular weight excluding hydrogens is 398 g/mol. The smallest absolute Gasteiger partial charge is 0.265 e. The van der Waals surface area contributed by atoms with Gasteiger partial charge in [-0.25, -0.2) is 8.42 Å². The van der Waals surface area contributed by atoms with E-state index in [1.807, 2.05) is 43.7 Å². The summed E-state index contributed by atoms with van der Waals surface area (Å²) in [6.45, 7) is 8.55. The summed E-state index contributed by atoms with van der Waals surface area (Å²) in [5.41, 5.74) is 3.66. The van der Waals surface area contributed by atoms with Gasteiger partial charge in [-0.05, 0) is 44.0 Å². The van der Waals surface area contributed by atoms with Crippen molar-refractivity contribution in [2.24, 2.45) is 0 Å². The highest BCUT2D eigenvalue weighted by molar-refractivity contribution is 7.92. The number of fused-ring (bicyclic) bond motifs is 1. The van der Waals surface area contributed by atoms with E-state index in [0.717, 1.165) is 16.6 Å². The van der Waals surface area contributed by atoms with Crippen molar-refractivity contribution in [3.05, 3.63) is 71.3 Å². The van der Waals surface area contributed by atoms with Gasteiger partial charge in [0.2, 0.25) is 0 Å². The first-order valence-corrected chi connectivity index (χ1v) is 11.4. The number of nitrogens with one attached hydrogen (secondary N) is 1. The van der Waals surface area contributed by atoms with Crippen molar-refractivity contribution in [1.82, 2.24) is 19.6 Å². The van der Waals surface area contributed by atoms with Crippen molar-refractivity contribution in [1.29, 1.82) is 0 Å². The molecule has 1 N–H and O–H groups in total. The number of aryl methyl sites for hydroxylation is 2. The zero-order valence-electron chi connectivity index (χ0n) is 17.5. The number of hydrogen-bond acceptors (Lipinski definition) is 4. The van der Waals surface area contributed by atoms with Gasteiger partial charge < -0.3 is 0 Å². The third kappa shape index (κ3) is 3.47. The number of nitrogens with zero attached hydrogens (tertiary/aromatic N) is 4. The largest absolute Gasteiger partial charge is 0.276 e. The minimum Gasteiger partial charge on any atom is -0.276 e. The quantitative estimate of drug-likeness (QED) is 0.508. The lowest BCUT2D eigenvalue weighted by Crippen LogP contribution is -2.15. The van der Waals surface area contributed by atoms with Gasteiger partial charge in [0, 0.05) is 6.54 Å². The fourth-order valence-electron chi connectivity index (χ4n) is 3.79. The molecule has 30 heavy (non-hydrogen) atoms. The van der Waals surface area contributed by atoms with Gasteiger partial charge in [-0.2, -0.15) is 10.2 Å². The summed E-state index contributed by atoms with van der Waals surface area (Å²) in [7, 11) is -3.76. The highest BCUT2D eigenvalue weighted by Crippen LogP contribution is 2.26. The van der Waals surface area contributed by atoms with Crippen LogP contribution in [0.4, 0.5) is 5.69 Å². The van der Waals surface area contributed by atoms with Gasteiger partial charge >= 0.3 is 0 Å². The van der Waals surface area contributed by atoms with Gasteiger partial charge in [0.05, 0.1) is 35.5 Å². The van der Waals surface area contributed by atoms with Crippen LogP contribution in [0.3, 0.4) is 0 Å². The van der Waals surface area contributed by atoms with Crippen LogP contribution < -0.4 is 4.72 Å². The molecule has 4 aromatic rings. The average molecular weight is 424 g/mol. The summed E-state index contributed by atoms with van der Waals surface area (Å²) < 4.78 is 32.2. The standard InChI is InChI=1S/C22H25N5O2S/c1-5-26-16(3)21(13-23-26)30(28,29)25-22-15(2)24-27(17(22)4)14-19-11-8-10-18-9-6-7-12-20(18)19/h6-13,25H,5,14H2,1-4H3. The zero-order valence-corrected chi connectivity index (χ0v) is 18.4. The normalized spacial score (nSPS) is 11.9. The second-order valence-electron chi connectivity index (χ2n) is 7.36. The predicted molar refractivity (Wildman–Crippen MR) is 118 cm³/mol. The van der Waals surface area contributed by atoms with E-state index in [2.05, 4.69) is 39.2 Å². The number of benzene rings is 2. The molecule has 0 amide bonds. The molecule has 2 heterocycles. The van der Waals surface area contributed by atoms with Crippen molar-refractivity contribution >= 4 is 26.5 Å². The van der Waals surface area contributed by atoms with E-state index in [1.54, 1.807) is 11.6 Å². The first kappa shape index (κ1) is 20.2. The molecule has 0 aliphatic heterocycles. The van der Waals surface area contributed by atoms with E-state index in [1.165, 1.54) is 11.6 Å². The molecule has 0 radical (unpaired) electrons. The van der Waals surface area contributed by atoms with Crippen molar-refractivity contribution in [3.8, 4) is 0 Å². The minimum atomic E-state index is -3.76. The Kier molecular flexibility index (Phi) is 5.11. The first-order valence-electron chi connectivity index (χ1n) is 9.87. The molecule has 0 bridgehead atoms. The fourth-order valence-corrected chi connectivity index (χ4v) is 5.15. The Bertz CT molecular complexity index is 1330. The van der Waals surface area contributed by atoms with Gasteiger partial charge in [0.25, 0.3) is 10.0 Å². The van der Waals surface area contributed by atoms with Crippen LogP contribution in [0, 0.1) is 20.8 Å². The molecule has 0 unspecified atom stereocenters. The van der Waals surface area contributed by atoms with Gasteiger partial charge in [0.1, 0.15) is 4.90 Å². The highest BCUT2D eigenvalue weighted by Gasteiger charge is 2.24. The van der Waals surface area contributed by atoms with Crippen molar-refractivity contribution in [2.75, 3.05) is 4.72 Å². The molecule has 0 aliphatic carbocycles. The molecule has 0 saturated heterocycles. The first-order chi connectivity index (χ1) is 14.3. The third-order valence-corrected chi connectivity index (χ3v) is 6.92. The van der Waals surface area contributed by atoms with Crippen LogP contribution in [0.5, 0.6) is 0 Å². The van der Waals surface area contributed by atoms with Crippen molar-refractivity contribution in [3.63, 3.8) is 0 Å². The molecule has 0 aliphatic rings. The molecule has 2 aromatic heterocycles. The molecule has 156 valence electrons. The van der Waals surface area contributed by atoms with E-state index in [-0.39, 0.29) is 4.90 Å². The summed E-state index contributed by atoms with van der Waals surface area (Å²) in [4.78, 5) is 0.185. The van der Waals surface area contributed by atoms with Crippen molar-refractivity contribution in [2.45, 2.75) is 45.7 Å². The molecule has 4 rings (SSSR count). The van der Waals surface area contributed by atoms with Gasteiger partial charge in [-0.1, -0.05) is 42.5 Å². The molecule has 0 fully saturated rings. The monoisotopic (exact) mass is 423 g/mol. The van der Waals surface area contributed by atoms with E-state index in [9.17, 15) is 8.42 Å². The number of anilines is 1. The molecule has 7 nitrogen and oxygen atoms in total. The molecular formula is C22H25N5O2S. The maximum absolute atomic E-state index is 13.0. The van der Waals surface area contributed by atoms with Crippen LogP contribution in [0.25, 0.3) is 10.8 Å². The minimum absolute atomic E-state index is 0.185. The number of aromatic nitrogens is 4. The Morgan fingerprint density at radius 2 is 1.70 bits per heavy atom. The fraction of sp³-hybridized carbons (Fsp3) is 0.273. The van der Waals surface area contributed by atoms with Crippen LogP contribution in [-0.4, -0.2) is 28.0 Å². The summed E-state index contributed by atoms with van der Waals surface area (Å²) in [6.07, 6.45) is 1.40. The lowest BCUT2D eigenvalue weighted by Gasteiger charge is -2.10. The lowest BCUT2D eigenvalue weighted by atomic mass is 10.0. The summed E-state index contributed by atoms with van der Waals surface area (Å²) in [5, 5.41) is 11.1.